The van der Waals surface area contributed by atoms with Crippen molar-refractivity contribution in [2.24, 2.45) is 0 Å². The van der Waals surface area contributed by atoms with Crippen molar-refractivity contribution >= 4 is 17.3 Å². The van der Waals surface area contributed by atoms with Crippen molar-refractivity contribution in [1.29, 1.82) is 0 Å². The van der Waals surface area contributed by atoms with Crippen molar-refractivity contribution in [3.63, 3.8) is 0 Å². The molecule has 0 unspecified atom stereocenters. The van der Waals surface area contributed by atoms with E-state index in [-0.39, 0.29) is 0 Å². The van der Waals surface area contributed by atoms with Gasteiger partial charge in [0.2, 0.25) is 0 Å². The molecule has 29 heavy (non-hydrogen) atoms. The Morgan fingerprint density at radius 2 is 1.41 bits per heavy atom. The van der Waals surface area contributed by atoms with E-state index in [9.17, 15) is 0 Å². The van der Waals surface area contributed by atoms with E-state index < -0.39 is 0 Å². The van der Waals surface area contributed by atoms with Crippen LogP contribution in [0.25, 0.3) is 0 Å². The monoisotopic (exact) mass is 413 g/mol. The van der Waals surface area contributed by atoms with Crippen LogP contribution in [0, 0.1) is 0 Å². The molecule has 6 heteroatoms. The number of nitrogens with one attached hydrogen (secondary N) is 2. The minimum atomic E-state index is 0.300. The molecule has 1 heterocycles. The highest BCUT2D eigenvalue weighted by Crippen LogP contribution is 2.15. The summed E-state index contributed by atoms with van der Waals surface area (Å²) in [7, 11) is 1.67. The van der Waals surface area contributed by atoms with Crippen LogP contribution in [-0.4, -0.2) is 42.4 Å². The smallest absolute Gasteiger partial charge is 0.166 e. The van der Waals surface area contributed by atoms with Gasteiger partial charge in [0.05, 0.1) is 19.3 Å². The average molecular weight is 414 g/mol. The molecular weight excluding hydrogens is 382 g/mol. The lowest BCUT2D eigenvalue weighted by Crippen LogP contribution is -2.44. The van der Waals surface area contributed by atoms with Crippen LogP contribution in [0.4, 0.5) is 0 Å². The van der Waals surface area contributed by atoms with Gasteiger partial charge < -0.3 is 20.1 Å². The van der Waals surface area contributed by atoms with Gasteiger partial charge in [0.15, 0.2) is 5.11 Å². The van der Waals surface area contributed by atoms with Gasteiger partial charge in [-0.05, 0) is 54.9 Å². The molecule has 156 valence electrons. The summed E-state index contributed by atoms with van der Waals surface area (Å²) in [5.74, 6) is 0.857. The molecule has 2 atom stereocenters. The summed E-state index contributed by atoms with van der Waals surface area (Å²) in [4.78, 5) is 2.46. The third kappa shape index (κ3) is 6.99. The number of ether oxygens (including phenoxy) is 2. The van der Waals surface area contributed by atoms with E-state index in [4.69, 9.17) is 21.7 Å². The highest BCUT2D eigenvalue weighted by molar-refractivity contribution is 7.80. The zero-order valence-corrected chi connectivity index (χ0v) is 18.3. The van der Waals surface area contributed by atoms with E-state index in [2.05, 4.69) is 53.6 Å². The minimum Gasteiger partial charge on any atom is -0.497 e. The quantitative estimate of drug-likeness (QED) is 0.678. The van der Waals surface area contributed by atoms with Crippen LogP contribution in [-0.2, 0) is 24.4 Å². The molecule has 1 saturated heterocycles. The first-order valence-electron chi connectivity index (χ1n) is 10.1. The summed E-state index contributed by atoms with van der Waals surface area (Å²) in [5.41, 5.74) is 3.70. The van der Waals surface area contributed by atoms with Gasteiger partial charge in [-0.2, -0.15) is 0 Å². The summed E-state index contributed by atoms with van der Waals surface area (Å²) >= 11 is 5.39. The fourth-order valence-electron chi connectivity index (χ4n) is 3.60. The second-order valence-corrected chi connectivity index (χ2v) is 8.06. The molecule has 0 bridgehead atoms. The Bertz CT molecular complexity index is 770. The number of nitrogens with zero attached hydrogens (tertiary/aromatic N) is 1. The largest absolute Gasteiger partial charge is 0.497 e. The minimum absolute atomic E-state index is 0.300. The van der Waals surface area contributed by atoms with Gasteiger partial charge in [0.1, 0.15) is 5.75 Å². The van der Waals surface area contributed by atoms with Gasteiger partial charge in [-0.25, -0.2) is 0 Å². The topological polar surface area (TPSA) is 45.8 Å². The number of hydrogen-bond donors (Lipinski definition) is 2. The number of methoxy groups -OCH3 is 1. The molecule has 0 amide bonds. The molecule has 0 radical (unpaired) electrons. The molecule has 0 aliphatic carbocycles. The summed E-state index contributed by atoms with van der Waals surface area (Å²) in [5, 5.41) is 7.17. The summed E-state index contributed by atoms with van der Waals surface area (Å²) in [6, 6.07) is 16.7. The third-order valence-electron chi connectivity index (χ3n) is 4.99. The van der Waals surface area contributed by atoms with Crippen LogP contribution in [0.1, 0.15) is 30.5 Å². The molecule has 1 aliphatic heterocycles. The fraction of sp³-hybridized carbons (Fsp3) is 0.435. The lowest BCUT2D eigenvalue weighted by Gasteiger charge is -2.35. The first-order valence-corrected chi connectivity index (χ1v) is 10.5. The maximum Gasteiger partial charge on any atom is 0.166 e. The standard InChI is InChI=1S/C23H31N3O2S/c1-17-14-26(15-18(2)28-17)16-21-6-4-19(5-7-21)12-24-23(29)25-13-20-8-10-22(27-3)11-9-20/h4-11,17-18H,12-16H2,1-3H3,(H2,24,25,29)/t17-,18-/m0/s1. The average Bonchev–Trinajstić information content (AvgIpc) is 2.71. The van der Waals surface area contributed by atoms with E-state index in [1.165, 1.54) is 11.1 Å². The normalized spacial score (nSPS) is 19.6. The van der Waals surface area contributed by atoms with Gasteiger partial charge in [-0.1, -0.05) is 36.4 Å². The van der Waals surface area contributed by atoms with E-state index >= 15 is 0 Å². The highest BCUT2D eigenvalue weighted by atomic mass is 32.1. The molecule has 3 rings (SSSR count). The van der Waals surface area contributed by atoms with E-state index in [0.717, 1.165) is 30.9 Å². The van der Waals surface area contributed by atoms with Crippen LogP contribution in [0.3, 0.4) is 0 Å². The van der Waals surface area contributed by atoms with Gasteiger partial charge in [-0.15, -0.1) is 0 Å². The zero-order valence-electron chi connectivity index (χ0n) is 17.5. The maximum absolute atomic E-state index is 5.81. The lowest BCUT2D eigenvalue weighted by atomic mass is 10.1. The maximum atomic E-state index is 5.81. The van der Waals surface area contributed by atoms with E-state index in [1.54, 1.807) is 7.11 Å². The summed E-state index contributed by atoms with van der Waals surface area (Å²) in [6.45, 7) is 8.62. The second kappa shape index (κ2) is 10.6. The van der Waals surface area contributed by atoms with Crippen molar-refractivity contribution in [2.75, 3.05) is 20.2 Å². The number of thiocarbonyl (C=S) groups is 1. The van der Waals surface area contributed by atoms with Crippen LogP contribution in [0.5, 0.6) is 5.75 Å². The van der Waals surface area contributed by atoms with Crippen LogP contribution >= 0.6 is 12.2 Å². The van der Waals surface area contributed by atoms with Gasteiger partial charge in [0.25, 0.3) is 0 Å². The molecule has 1 aliphatic rings. The van der Waals surface area contributed by atoms with Gasteiger partial charge in [0, 0.05) is 32.7 Å². The van der Waals surface area contributed by atoms with Gasteiger partial charge >= 0.3 is 0 Å². The Morgan fingerprint density at radius 3 is 1.93 bits per heavy atom. The molecule has 0 saturated carbocycles. The molecule has 2 aromatic carbocycles. The predicted octanol–water partition coefficient (Wildman–Crippen LogP) is 3.47. The molecule has 2 N–H and O–H groups in total. The number of hydrogen-bond acceptors (Lipinski definition) is 4. The van der Waals surface area contributed by atoms with Gasteiger partial charge in [-0.3, -0.25) is 4.90 Å². The molecule has 2 aromatic rings. The SMILES string of the molecule is COc1ccc(CNC(=S)NCc2ccc(CN3C[C@H](C)O[C@@H](C)C3)cc2)cc1. The highest BCUT2D eigenvalue weighted by Gasteiger charge is 2.21. The van der Waals surface area contributed by atoms with Crippen molar-refractivity contribution in [3.05, 3.63) is 65.2 Å². The van der Waals surface area contributed by atoms with E-state index in [1.807, 2.05) is 24.3 Å². The summed E-state index contributed by atoms with van der Waals surface area (Å²) < 4.78 is 11.0. The van der Waals surface area contributed by atoms with Crippen molar-refractivity contribution in [2.45, 2.75) is 45.7 Å². The molecular formula is C23H31N3O2S. The van der Waals surface area contributed by atoms with Crippen LogP contribution in [0.15, 0.2) is 48.5 Å². The molecule has 0 aromatic heterocycles. The Kier molecular flexibility index (Phi) is 7.86. The van der Waals surface area contributed by atoms with Crippen molar-refractivity contribution < 1.29 is 9.47 Å². The van der Waals surface area contributed by atoms with Crippen LogP contribution < -0.4 is 15.4 Å². The van der Waals surface area contributed by atoms with Crippen molar-refractivity contribution in [3.8, 4) is 5.75 Å². The van der Waals surface area contributed by atoms with Crippen LogP contribution in [0.2, 0.25) is 0 Å². The second-order valence-electron chi connectivity index (χ2n) is 7.65. The predicted molar refractivity (Wildman–Crippen MR) is 121 cm³/mol. The number of benzene rings is 2. The number of morpholine rings is 1. The number of rotatable bonds is 7. The Hall–Kier alpha value is -2.15. The molecule has 0 spiro atoms. The molecule has 5 nitrogen and oxygen atoms in total. The Morgan fingerprint density at radius 1 is 0.931 bits per heavy atom. The summed E-state index contributed by atoms with van der Waals surface area (Å²) in [6.07, 6.45) is 0.599. The van der Waals surface area contributed by atoms with Crippen molar-refractivity contribution in [1.82, 2.24) is 15.5 Å². The first kappa shape index (κ1) is 21.6. The Balaban J connectivity index is 1.40. The molecule has 1 fully saturated rings. The lowest BCUT2D eigenvalue weighted by molar-refractivity contribution is -0.0704. The first-order chi connectivity index (χ1) is 14.0. The Labute approximate surface area is 179 Å². The van der Waals surface area contributed by atoms with E-state index in [0.29, 0.717) is 30.4 Å². The fourth-order valence-corrected chi connectivity index (χ4v) is 3.75. The third-order valence-corrected chi connectivity index (χ3v) is 5.28. The zero-order chi connectivity index (χ0) is 20.6.